The van der Waals surface area contributed by atoms with Crippen molar-refractivity contribution in [1.29, 1.82) is 5.26 Å². The lowest BCUT2D eigenvalue weighted by Gasteiger charge is -2.20. The Labute approximate surface area is 134 Å². The van der Waals surface area contributed by atoms with Gasteiger partial charge in [-0.3, -0.25) is 9.59 Å². The van der Waals surface area contributed by atoms with Crippen molar-refractivity contribution < 1.29 is 19.5 Å². The molecule has 2 atom stereocenters. The SMILES string of the molecule is CC(=O)N[C@H](Cc1ccccc1)C(=O)N[C@@H](CCC#N)C(=O)O. The molecule has 0 aliphatic heterocycles. The van der Waals surface area contributed by atoms with Gasteiger partial charge >= 0.3 is 5.97 Å². The Hall–Kier alpha value is -2.88. The fourth-order valence-electron chi connectivity index (χ4n) is 2.04. The van der Waals surface area contributed by atoms with Crippen LogP contribution in [0, 0.1) is 11.3 Å². The van der Waals surface area contributed by atoms with Gasteiger partial charge in [-0.15, -0.1) is 0 Å². The number of carboxylic acid groups (broad SMARTS) is 1. The van der Waals surface area contributed by atoms with E-state index in [1.54, 1.807) is 0 Å². The van der Waals surface area contributed by atoms with Crippen molar-refractivity contribution in [2.75, 3.05) is 0 Å². The Morgan fingerprint density at radius 1 is 1.17 bits per heavy atom. The molecule has 7 heteroatoms. The summed E-state index contributed by atoms with van der Waals surface area (Å²) in [6, 6.07) is 8.89. The number of hydrogen-bond donors (Lipinski definition) is 3. The molecule has 23 heavy (non-hydrogen) atoms. The minimum Gasteiger partial charge on any atom is -0.480 e. The number of nitriles is 1. The number of rotatable bonds is 8. The van der Waals surface area contributed by atoms with Crippen LogP contribution in [-0.2, 0) is 20.8 Å². The second-order valence-electron chi connectivity index (χ2n) is 5.04. The Kier molecular flexibility index (Phi) is 7.27. The largest absolute Gasteiger partial charge is 0.480 e. The van der Waals surface area contributed by atoms with E-state index in [0.717, 1.165) is 5.56 Å². The first-order valence-electron chi connectivity index (χ1n) is 7.15. The number of nitrogens with zero attached hydrogens (tertiary/aromatic N) is 1. The van der Waals surface area contributed by atoms with Gasteiger partial charge in [-0.1, -0.05) is 30.3 Å². The Morgan fingerprint density at radius 3 is 2.35 bits per heavy atom. The maximum absolute atomic E-state index is 12.3. The van der Waals surface area contributed by atoms with Crippen molar-refractivity contribution >= 4 is 17.8 Å². The molecule has 0 unspecified atom stereocenters. The van der Waals surface area contributed by atoms with Gasteiger partial charge in [0.15, 0.2) is 0 Å². The van der Waals surface area contributed by atoms with Gasteiger partial charge in [0, 0.05) is 19.8 Å². The highest BCUT2D eigenvalue weighted by molar-refractivity contribution is 5.90. The molecule has 0 spiro atoms. The smallest absolute Gasteiger partial charge is 0.326 e. The predicted molar refractivity (Wildman–Crippen MR) is 82.2 cm³/mol. The van der Waals surface area contributed by atoms with Crippen LogP contribution in [0.2, 0.25) is 0 Å². The number of carbonyl (C=O) groups is 3. The van der Waals surface area contributed by atoms with Gasteiger partial charge in [0.2, 0.25) is 11.8 Å². The van der Waals surface area contributed by atoms with Crippen molar-refractivity contribution in [3.63, 3.8) is 0 Å². The molecule has 0 saturated carbocycles. The predicted octanol–water partition coefficient (Wildman–Crippen LogP) is 0.607. The average molecular weight is 317 g/mol. The molecule has 0 aromatic heterocycles. The Bertz CT molecular complexity index is 595. The van der Waals surface area contributed by atoms with E-state index in [1.807, 2.05) is 36.4 Å². The second kappa shape index (κ2) is 9.20. The van der Waals surface area contributed by atoms with E-state index in [0.29, 0.717) is 0 Å². The first-order valence-corrected chi connectivity index (χ1v) is 7.15. The molecule has 3 N–H and O–H groups in total. The first kappa shape index (κ1) is 18.2. The van der Waals surface area contributed by atoms with Crippen molar-refractivity contribution in [2.24, 2.45) is 0 Å². The van der Waals surface area contributed by atoms with Crippen molar-refractivity contribution in [2.45, 2.75) is 38.3 Å². The van der Waals surface area contributed by atoms with Crippen LogP contribution < -0.4 is 10.6 Å². The van der Waals surface area contributed by atoms with Crippen LogP contribution in [0.15, 0.2) is 30.3 Å². The standard InChI is InChI=1S/C16H19N3O4/c1-11(20)18-14(10-12-6-3-2-4-7-12)15(21)19-13(16(22)23)8-5-9-17/h2-4,6-7,13-14H,5,8,10H2,1H3,(H,18,20)(H,19,21)(H,22,23)/t13-,14+/m0/s1. The number of carbonyl (C=O) groups excluding carboxylic acids is 2. The molecule has 1 aromatic rings. The lowest BCUT2D eigenvalue weighted by Crippen LogP contribution is -2.52. The third kappa shape index (κ3) is 6.61. The molecule has 1 rings (SSSR count). The molecule has 0 radical (unpaired) electrons. The van der Waals surface area contributed by atoms with E-state index in [1.165, 1.54) is 6.92 Å². The van der Waals surface area contributed by atoms with Crippen LogP contribution in [0.1, 0.15) is 25.3 Å². The number of amides is 2. The topological polar surface area (TPSA) is 119 Å². The summed E-state index contributed by atoms with van der Waals surface area (Å²) in [4.78, 5) is 34.7. The maximum Gasteiger partial charge on any atom is 0.326 e. The van der Waals surface area contributed by atoms with Gasteiger partial charge in [0.25, 0.3) is 0 Å². The summed E-state index contributed by atoms with van der Waals surface area (Å²) in [5, 5.41) is 22.5. The number of carboxylic acids is 1. The minimum absolute atomic E-state index is 0.00962. The zero-order valence-corrected chi connectivity index (χ0v) is 12.8. The van der Waals surface area contributed by atoms with E-state index < -0.39 is 24.0 Å². The normalized spacial score (nSPS) is 12.5. The fourth-order valence-corrected chi connectivity index (χ4v) is 2.04. The number of nitrogens with one attached hydrogen (secondary N) is 2. The monoisotopic (exact) mass is 317 g/mol. The summed E-state index contributed by atoms with van der Waals surface area (Å²) < 4.78 is 0. The summed E-state index contributed by atoms with van der Waals surface area (Å²) in [5.74, 6) is -2.19. The van der Waals surface area contributed by atoms with Crippen LogP contribution >= 0.6 is 0 Å². The molecule has 0 aliphatic carbocycles. The number of hydrogen-bond acceptors (Lipinski definition) is 4. The minimum atomic E-state index is -1.21. The highest BCUT2D eigenvalue weighted by Gasteiger charge is 2.25. The molecule has 0 heterocycles. The van der Waals surface area contributed by atoms with E-state index in [4.69, 9.17) is 10.4 Å². The van der Waals surface area contributed by atoms with Gasteiger partial charge in [0.05, 0.1) is 6.07 Å². The number of benzene rings is 1. The van der Waals surface area contributed by atoms with E-state index >= 15 is 0 Å². The van der Waals surface area contributed by atoms with Crippen molar-refractivity contribution in [1.82, 2.24) is 10.6 Å². The van der Waals surface area contributed by atoms with Crippen LogP contribution in [0.5, 0.6) is 0 Å². The lowest BCUT2D eigenvalue weighted by molar-refractivity contribution is -0.142. The van der Waals surface area contributed by atoms with Gasteiger partial charge in [-0.25, -0.2) is 4.79 Å². The molecule has 7 nitrogen and oxygen atoms in total. The van der Waals surface area contributed by atoms with Crippen LogP contribution in [0.4, 0.5) is 0 Å². The molecule has 0 aliphatic rings. The van der Waals surface area contributed by atoms with E-state index in [-0.39, 0.29) is 25.2 Å². The first-order chi connectivity index (χ1) is 10.9. The highest BCUT2D eigenvalue weighted by Crippen LogP contribution is 2.05. The highest BCUT2D eigenvalue weighted by atomic mass is 16.4. The fraction of sp³-hybridized carbons (Fsp3) is 0.375. The molecule has 0 fully saturated rings. The summed E-state index contributed by atoms with van der Waals surface area (Å²) in [5.41, 5.74) is 0.838. The van der Waals surface area contributed by atoms with E-state index in [9.17, 15) is 14.4 Å². The molecular formula is C16H19N3O4. The van der Waals surface area contributed by atoms with Crippen LogP contribution in [-0.4, -0.2) is 35.0 Å². The third-order valence-electron chi connectivity index (χ3n) is 3.14. The quantitative estimate of drug-likeness (QED) is 0.649. The molecule has 0 bridgehead atoms. The van der Waals surface area contributed by atoms with Crippen molar-refractivity contribution in [3.8, 4) is 6.07 Å². The van der Waals surface area contributed by atoms with Crippen molar-refractivity contribution in [3.05, 3.63) is 35.9 Å². The Balaban J connectivity index is 2.80. The zero-order valence-electron chi connectivity index (χ0n) is 12.8. The van der Waals surface area contributed by atoms with E-state index in [2.05, 4.69) is 10.6 Å². The summed E-state index contributed by atoms with van der Waals surface area (Å²) in [6.07, 6.45) is 0.271. The average Bonchev–Trinajstić information content (AvgIpc) is 2.50. The Morgan fingerprint density at radius 2 is 1.83 bits per heavy atom. The molecule has 122 valence electrons. The second-order valence-corrected chi connectivity index (χ2v) is 5.04. The lowest BCUT2D eigenvalue weighted by atomic mass is 10.0. The third-order valence-corrected chi connectivity index (χ3v) is 3.14. The molecule has 1 aromatic carbocycles. The molecule has 2 amide bonds. The van der Waals surface area contributed by atoms with Crippen LogP contribution in [0.3, 0.4) is 0 Å². The molecular weight excluding hydrogens is 298 g/mol. The zero-order chi connectivity index (χ0) is 17.2. The number of aliphatic carboxylic acids is 1. The summed E-state index contributed by atoms with van der Waals surface area (Å²) in [6.45, 7) is 1.29. The maximum atomic E-state index is 12.3. The van der Waals surface area contributed by atoms with Gasteiger partial charge < -0.3 is 15.7 Å². The molecule has 0 saturated heterocycles. The van der Waals surface area contributed by atoms with Crippen LogP contribution in [0.25, 0.3) is 0 Å². The van der Waals surface area contributed by atoms with Gasteiger partial charge in [0.1, 0.15) is 12.1 Å². The van der Waals surface area contributed by atoms with Gasteiger partial charge in [-0.05, 0) is 12.0 Å². The summed E-state index contributed by atoms with van der Waals surface area (Å²) in [7, 11) is 0. The summed E-state index contributed by atoms with van der Waals surface area (Å²) >= 11 is 0. The van der Waals surface area contributed by atoms with Gasteiger partial charge in [-0.2, -0.15) is 5.26 Å².